The lowest BCUT2D eigenvalue weighted by Crippen LogP contribution is -2.41. The van der Waals surface area contributed by atoms with Gasteiger partial charge >= 0.3 is 0 Å². The van der Waals surface area contributed by atoms with Gasteiger partial charge in [0.05, 0.1) is 3.57 Å². The zero-order valence-electron chi connectivity index (χ0n) is 12.4. The van der Waals surface area contributed by atoms with Crippen LogP contribution in [0.15, 0.2) is 18.2 Å². The minimum Gasteiger partial charge on any atom is -0.507 e. The summed E-state index contributed by atoms with van der Waals surface area (Å²) in [6.07, 6.45) is 3.31. The minimum atomic E-state index is 0.0223. The van der Waals surface area contributed by atoms with Crippen molar-refractivity contribution in [3.05, 3.63) is 27.3 Å². The number of carbonyl (C=O) groups excluding carboxylic acids is 1. The molecule has 2 rings (SSSR count). The maximum Gasteiger partial charge on any atom is 0.253 e. The summed E-state index contributed by atoms with van der Waals surface area (Å²) in [6, 6.07) is 5.16. The quantitative estimate of drug-likeness (QED) is 0.745. The second-order valence-corrected chi connectivity index (χ2v) is 6.79. The average molecular weight is 402 g/mol. The normalized spacial score (nSPS) is 18.5. The number of nitrogens with one attached hydrogen (secondary N) is 1. The maximum atomic E-state index is 12.7. The number of carbonyl (C=O) groups is 1. The Morgan fingerprint density at radius 2 is 2.33 bits per heavy atom. The summed E-state index contributed by atoms with van der Waals surface area (Å²) >= 11 is 2.06. The molecule has 0 radical (unpaired) electrons. The summed E-state index contributed by atoms with van der Waals surface area (Å²) in [5.74, 6) is 0.734. The fourth-order valence-corrected chi connectivity index (χ4v) is 3.10. The van der Waals surface area contributed by atoms with Crippen molar-refractivity contribution < 1.29 is 9.90 Å². The first kappa shape index (κ1) is 16.5. The van der Waals surface area contributed by atoms with E-state index in [4.69, 9.17) is 0 Å². The molecular formula is C16H23IN2O2. The van der Waals surface area contributed by atoms with E-state index in [9.17, 15) is 9.90 Å². The van der Waals surface area contributed by atoms with Gasteiger partial charge in [0.25, 0.3) is 5.91 Å². The average Bonchev–Trinajstić information content (AvgIpc) is 2.50. The zero-order valence-corrected chi connectivity index (χ0v) is 14.6. The topological polar surface area (TPSA) is 52.6 Å². The molecule has 4 nitrogen and oxygen atoms in total. The molecule has 1 saturated heterocycles. The summed E-state index contributed by atoms with van der Waals surface area (Å²) in [7, 11) is 0. The van der Waals surface area contributed by atoms with Crippen molar-refractivity contribution in [3.63, 3.8) is 0 Å². The number of benzene rings is 1. The Bertz CT molecular complexity index is 487. The van der Waals surface area contributed by atoms with Gasteiger partial charge in [-0.3, -0.25) is 4.79 Å². The van der Waals surface area contributed by atoms with Gasteiger partial charge in [-0.15, -0.1) is 0 Å². The van der Waals surface area contributed by atoms with E-state index >= 15 is 0 Å². The van der Waals surface area contributed by atoms with Crippen molar-refractivity contribution >= 4 is 28.5 Å². The Hall–Kier alpha value is -0.820. The van der Waals surface area contributed by atoms with E-state index in [1.807, 2.05) is 4.90 Å². The van der Waals surface area contributed by atoms with Crippen molar-refractivity contribution in [2.24, 2.45) is 5.92 Å². The number of piperidine rings is 1. The molecule has 5 heteroatoms. The standard InChI is InChI=1S/C16H23IN2O2/c1-2-8-19(11-12-4-3-7-18-10-12)16(21)13-5-6-14(17)15(20)9-13/h5-6,9,12,18,20H,2-4,7-8,10-11H2,1H3. The Morgan fingerprint density at radius 1 is 1.52 bits per heavy atom. The molecule has 21 heavy (non-hydrogen) atoms. The molecule has 0 aliphatic carbocycles. The third-order valence-electron chi connectivity index (χ3n) is 3.85. The Balaban J connectivity index is 2.08. The first-order valence-electron chi connectivity index (χ1n) is 7.60. The van der Waals surface area contributed by atoms with Gasteiger partial charge in [-0.1, -0.05) is 6.92 Å². The van der Waals surface area contributed by atoms with Gasteiger partial charge in [0, 0.05) is 18.7 Å². The summed E-state index contributed by atoms with van der Waals surface area (Å²) < 4.78 is 0.766. The van der Waals surface area contributed by atoms with Gasteiger partial charge in [0.1, 0.15) is 5.75 Å². The highest BCUT2D eigenvalue weighted by Crippen LogP contribution is 2.22. The minimum absolute atomic E-state index is 0.0223. The van der Waals surface area contributed by atoms with Gasteiger partial charge < -0.3 is 15.3 Å². The van der Waals surface area contributed by atoms with Gasteiger partial charge in [0.2, 0.25) is 0 Å². The predicted molar refractivity (Wildman–Crippen MR) is 92.6 cm³/mol. The third-order valence-corrected chi connectivity index (χ3v) is 4.76. The van der Waals surface area contributed by atoms with E-state index in [1.165, 1.54) is 12.8 Å². The Kier molecular flexibility index (Phi) is 6.29. The summed E-state index contributed by atoms with van der Waals surface area (Å²) in [4.78, 5) is 14.6. The van der Waals surface area contributed by atoms with E-state index < -0.39 is 0 Å². The van der Waals surface area contributed by atoms with E-state index in [0.717, 1.165) is 36.2 Å². The second kappa shape index (κ2) is 7.98. The Morgan fingerprint density at radius 3 is 2.95 bits per heavy atom. The number of phenolic OH excluding ortho intramolecular Hbond substituents is 1. The first-order valence-corrected chi connectivity index (χ1v) is 8.68. The second-order valence-electron chi connectivity index (χ2n) is 5.63. The number of hydrogen-bond acceptors (Lipinski definition) is 3. The molecule has 0 aromatic heterocycles. The summed E-state index contributed by atoms with van der Waals surface area (Å²) in [5, 5.41) is 13.2. The van der Waals surface area contributed by atoms with Crippen LogP contribution in [0, 0.1) is 9.49 Å². The smallest absolute Gasteiger partial charge is 0.253 e. The largest absolute Gasteiger partial charge is 0.507 e. The molecule has 1 aliphatic rings. The lowest BCUT2D eigenvalue weighted by atomic mass is 9.98. The van der Waals surface area contributed by atoms with Crippen LogP contribution in [-0.4, -0.2) is 42.1 Å². The molecule has 1 aromatic rings. The molecule has 1 heterocycles. The fourth-order valence-electron chi connectivity index (χ4n) is 2.77. The summed E-state index contributed by atoms with van der Waals surface area (Å²) in [6.45, 7) is 5.73. The molecular weight excluding hydrogens is 379 g/mol. The van der Waals surface area contributed by atoms with Crippen molar-refractivity contribution in [2.45, 2.75) is 26.2 Å². The molecule has 0 bridgehead atoms. The highest BCUT2D eigenvalue weighted by atomic mass is 127. The van der Waals surface area contributed by atoms with Crippen LogP contribution < -0.4 is 5.32 Å². The predicted octanol–water partition coefficient (Wildman–Crippen LogP) is 2.85. The third kappa shape index (κ3) is 4.57. The van der Waals surface area contributed by atoms with Crippen LogP contribution in [-0.2, 0) is 0 Å². The van der Waals surface area contributed by atoms with Crippen molar-refractivity contribution in [2.75, 3.05) is 26.2 Å². The molecule has 1 amide bonds. The van der Waals surface area contributed by atoms with Crippen LogP contribution >= 0.6 is 22.6 Å². The molecule has 1 fully saturated rings. The number of rotatable bonds is 5. The van der Waals surface area contributed by atoms with Gasteiger partial charge in [-0.25, -0.2) is 0 Å². The molecule has 1 unspecified atom stereocenters. The number of amides is 1. The molecule has 0 spiro atoms. The molecule has 116 valence electrons. The first-order chi connectivity index (χ1) is 10.1. The number of hydrogen-bond donors (Lipinski definition) is 2. The van der Waals surface area contributed by atoms with E-state index in [0.29, 0.717) is 11.5 Å². The number of phenols is 1. The molecule has 1 aliphatic heterocycles. The molecule has 1 aromatic carbocycles. The van der Waals surface area contributed by atoms with E-state index in [2.05, 4.69) is 34.8 Å². The van der Waals surface area contributed by atoms with E-state index in [-0.39, 0.29) is 11.7 Å². The van der Waals surface area contributed by atoms with Crippen molar-refractivity contribution in [1.29, 1.82) is 0 Å². The lowest BCUT2D eigenvalue weighted by molar-refractivity contribution is 0.0718. The lowest BCUT2D eigenvalue weighted by Gasteiger charge is -2.30. The monoisotopic (exact) mass is 402 g/mol. The molecule has 1 atom stereocenters. The fraction of sp³-hybridized carbons (Fsp3) is 0.562. The maximum absolute atomic E-state index is 12.7. The highest BCUT2D eigenvalue weighted by Gasteiger charge is 2.21. The van der Waals surface area contributed by atoms with Crippen LogP contribution in [0.4, 0.5) is 0 Å². The number of nitrogens with zero attached hydrogens (tertiary/aromatic N) is 1. The molecule has 0 saturated carbocycles. The van der Waals surface area contributed by atoms with Gasteiger partial charge in [0.15, 0.2) is 0 Å². The van der Waals surface area contributed by atoms with E-state index in [1.54, 1.807) is 18.2 Å². The van der Waals surface area contributed by atoms with Gasteiger partial charge in [-0.05, 0) is 79.1 Å². The van der Waals surface area contributed by atoms with Crippen molar-refractivity contribution in [1.82, 2.24) is 10.2 Å². The van der Waals surface area contributed by atoms with Crippen LogP contribution in [0.25, 0.3) is 0 Å². The SMILES string of the molecule is CCCN(CC1CCCNC1)C(=O)c1ccc(I)c(O)c1. The zero-order chi connectivity index (χ0) is 15.2. The van der Waals surface area contributed by atoms with Crippen LogP contribution in [0.3, 0.4) is 0 Å². The summed E-state index contributed by atoms with van der Waals surface area (Å²) in [5.41, 5.74) is 0.574. The van der Waals surface area contributed by atoms with Crippen LogP contribution in [0.1, 0.15) is 36.5 Å². The Labute approximate surface area is 140 Å². The van der Waals surface area contributed by atoms with Crippen LogP contribution in [0.5, 0.6) is 5.75 Å². The number of aromatic hydroxyl groups is 1. The highest BCUT2D eigenvalue weighted by molar-refractivity contribution is 14.1. The van der Waals surface area contributed by atoms with Crippen LogP contribution in [0.2, 0.25) is 0 Å². The van der Waals surface area contributed by atoms with Crippen molar-refractivity contribution in [3.8, 4) is 5.75 Å². The number of halogens is 1. The molecule has 2 N–H and O–H groups in total. The van der Waals surface area contributed by atoms with Gasteiger partial charge in [-0.2, -0.15) is 0 Å².